The molecule has 0 saturated heterocycles. The third-order valence-corrected chi connectivity index (χ3v) is 4.87. The van der Waals surface area contributed by atoms with Gasteiger partial charge in [0.2, 0.25) is 0 Å². The first-order chi connectivity index (χ1) is 13.3. The van der Waals surface area contributed by atoms with Crippen LogP contribution < -0.4 is 16.0 Å². The molecule has 1 aliphatic rings. The number of nitrogens with one attached hydrogen (secondary N) is 3. The predicted molar refractivity (Wildman–Crippen MR) is 105 cm³/mol. The van der Waals surface area contributed by atoms with Crippen LogP contribution in [0.5, 0.6) is 0 Å². The summed E-state index contributed by atoms with van der Waals surface area (Å²) in [6, 6.07) is 9.03. The van der Waals surface area contributed by atoms with Crippen molar-refractivity contribution in [2.45, 2.75) is 13.0 Å². The average Bonchev–Trinajstić information content (AvgIpc) is 2.63. The van der Waals surface area contributed by atoms with E-state index in [4.69, 9.17) is 23.2 Å². The molecule has 3 N–H and O–H groups in total. The number of anilines is 1. The summed E-state index contributed by atoms with van der Waals surface area (Å²) in [5.41, 5.74) is 1.52. The monoisotopic (exact) mass is 420 g/mol. The minimum atomic E-state index is -0.749. The number of amides is 3. The Hall–Kier alpha value is -3.10. The number of rotatable bonds is 4. The zero-order chi connectivity index (χ0) is 20.4. The second-order valence-corrected chi connectivity index (χ2v) is 6.82. The first kappa shape index (κ1) is 19.7. The molecule has 3 amide bonds. The van der Waals surface area contributed by atoms with Crippen LogP contribution >= 0.6 is 23.2 Å². The fourth-order valence-electron chi connectivity index (χ4n) is 2.80. The highest BCUT2D eigenvalue weighted by Crippen LogP contribution is 2.32. The molecule has 8 nitrogen and oxygen atoms in total. The van der Waals surface area contributed by atoms with Crippen LogP contribution in [0.4, 0.5) is 16.2 Å². The number of carbonyl (C=O) groups is 2. The van der Waals surface area contributed by atoms with Crippen molar-refractivity contribution in [3.8, 4) is 0 Å². The van der Waals surface area contributed by atoms with Gasteiger partial charge in [0.25, 0.3) is 11.6 Å². The van der Waals surface area contributed by atoms with Crippen LogP contribution in [0.1, 0.15) is 18.5 Å². The lowest BCUT2D eigenvalue weighted by Crippen LogP contribution is -2.45. The van der Waals surface area contributed by atoms with E-state index in [1.54, 1.807) is 25.1 Å². The number of nitro benzene ring substituents is 1. The first-order valence-electron chi connectivity index (χ1n) is 8.05. The van der Waals surface area contributed by atoms with Gasteiger partial charge in [0, 0.05) is 23.5 Å². The molecule has 0 spiro atoms. The molecular formula is C18H14Cl2N4O4. The van der Waals surface area contributed by atoms with Crippen molar-refractivity contribution in [3.05, 3.63) is 79.5 Å². The highest BCUT2D eigenvalue weighted by Gasteiger charge is 2.31. The zero-order valence-electron chi connectivity index (χ0n) is 14.5. The zero-order valence-corrected chi connectivity index (χ0v) is 16.0. The summed E-state index contributed by atoms with van der Waals surface area (Å²) < 4.78 is 0. The molecule has 28 heavy (non-hydrogen) atoms. The maximum Gasteiger partial charge on any atom is 0.319 e. The first-order valence-corrected chi connectivity index (χ1v) is 8.81. The number of hydrogen-bond donors (Lipinski definition) is 3. The lowest BCUT2D eigenvalue weighted by atomic mass is 9.95. The Morgan fingerprint density at radius 1 is 1.14 bits per heavy atom. The van der Waals surface area contributed by atoms with Crippen molar-refractivity contribution in [1.29, 1.82) is 0 Å². The molecule has 0 radical (unpaired) electrons. The second-order valence-electron chi connectivity index (χ2n) is 6.00. The Morgan fingerprint density at radius 3 is 2.43 bits per heavy atom. The molecule has 2 aromatic carbocycles. The third-order valence-electron chi connectivity index (χ3n) is 4.13. The Morgan fingerprint density at radius 2 is 1.82 bits per heavy atom. The van der Waals surface area contributed by atoms with Gasteiger partial charge in [-0.2, -0.15) is 0 Å². The summed E-state index contributed by atoms with van der Waals surface area (Å²) >= 11 is 12.0. The summed E-state index contributed by atoms with van der Waals surface area (Å²) in [5.74, 6) is -0.477. The number of carbonyl (C=O) groups excluding carboxylic acids is 2. The molecule has 10 heteroatoms. The summed E-state index contributed by atoms with van der Waals surface area (Å²) in [6.45, 7) is 1.61. The summed E-state index contributed by atoms with van der Waals surface area (Å²) in [7, 11) is 0. The number of hydrogen-bond acceptors (Lipinski definition) is 4. The van der Waals surface area contributed by atoms with E-state index in [9.17, 15) is 19.7 Å². The highest BCUT2D eigenvalue weighted by molar-refractivity contribution is 6.42. The van der Waals surface area contributed by atoms with Gasteiger partial charge in [-0.1, -0.05) is 29.3 Å². The van der Waals surface area contributed by atoms with Crippen LogP contribution in [-0.2, 0) is 4.79 Å². The highest BCUT2D eigenvalue weighted by atomic mass is 35.5. The van der Waals surface area contributed by atoms with Crippen molar-refractivity contribution in [2.75, 3.05) is 5.32 Å². The third kappa shape index (κ3) is 4.08. The summed E-state index contributed by atoms with van der Waals surface area (Å²) in [6.07, 6.45) is 0. The number of halogens is 2. The lowest BCUT2D eigenvalue weighted by molar-refractivity contribution is -0.384. The predicted octanol–water partition coefficient (Wildman–Crippen LogP) is 4.17. The van der Waals surface area contributed by atoms with E-state index in [-0.39, 0.29) is 11.3 Å². The fraction of sp³-hybridized carbons (Fsp3) is 0.111. The number of nitrogens with zero attached hydrogens (tertiary/aromatic N) is 1. The van der Waals surface area contributed by atoms with Crippen molar-refractivity contribution < 1.29 is 14.5 Å². The molecule has 1 heterocycles. The fourth-order valence-corrected chi connectivity index (χ4v) is 3.11. The van der Waals surface area contributed by atoms with Crippen molar-refractivity contribution in [3.63, 3.8) is 0 Å². The molecule has 0 saturated carbocycles. The van der Waals surface area contributed by atoms with Gasteiger partial charge in [-0.25, -0.2) is 4.79 Å². The van der Waals surface area contributed by atoms with Gasteiger partial charge in [-0.15, -0.1) is 0 Å². The van der Waals surface area contributed by atoms with Crippen molar-refractivity contribution >= 4 is 46.5 Å². The standard InChI is InChI=1S/C18H14Cl2N4O4/c1-9-15(17(25)22-11-3-5-12(6-4-11)24(27)28)16(23-18(26)21-9)10-2-7-13(19)14(20)8-10/h2-8,16H,1H3,(H,22,25)(H2,21,23,26)/t16-/m1/s1. The molecule has 0 bridgehead atoms. The van der Waals surface area contributed by atoms with Crippen molar-refractivity contribution in [2.24, 2.45) is 0 Å². The maximum absolute atomic E-state index is 12.9. The van der Waals surface area contributed by atoms with Crippen LogP contribution in [0.25, 0.3) is 0 Å². The second kappa shape index (κ2) is 7.87. The molecule has 3 rings (SSSR count). The van der Waals surface area contributed by atoms with E-state index < -0.39 is 22.9 Å². The van der Waals surface area contributed by atoms with Gasteiger partial charge in [0.05, 0.1) is 26.6 Å². The average molecular weight is 421 g/mol. The van der Waals surface area contributed by atoms with E-state index in [0.717, 1.165) is 0 Å². The van der Waals surface area contributed by atoms with Gasteiger partial charge < -0.3 is 16.0 Å². The summed E-state index contributed by atoms with van der Waals surface area (Å²) in [4.78, 5) is 35.0. The Bertz CT molecular complexity index is 1010. The van der Waals surface area contributed by atoms with Crippen LogP contribution in [0.3, 0.4) is 0 Å². The number of benzene rings is 2. The molecule has 0 aromatic heterocycles. The van der Waals surface area contributed by atoms with E-state index >= 15 is 0 Å². The van der Waals surface area contributed by atoms with Gasteiger partial charge in [-0.05, 0) is 36.8 Å². The lowest BCUT2D eigenvalue weighted by Gasteiger charge is -2.28. The smallest absolute Gasteiger partial charge is 0.319 e. The maximum atomic E-state index is 12.9. The van der Waals surface area contributed by atoms with Gasteiger partial charge in [-0.3, -0.25) is 14.9 Å². The largest absolute Gasteiger partial charge is 0.327 e. The minimum Gasteiger partial charge on any atom is -0.327 e. The van der Waals surface area contributed by atoms with Gasteiger partial charge >= 0.3 is 6.03 Å². The van der Waals surface area contributed by atoms with Crippen LogP contribution in [0.2, 0.25) is 10.0 Å². The van der Waals surface area contributed by atoms with Crippen LogP contribution in [0.15, 0.2) is 53.7 Å². The SMILES string of the molecule is CC1=C(C(=O)Nc2ccc([N+](=O)[O-])cc2)[C@@H](c2ccc(Cl)c(Cl)c2)NC(=O)N1. The number of nitro groups is 1. The number of allylic oxidation sites excluding steroid dienone is 1. The van der Waals surface area contributed by atoms with E-state index in [1.165, 1.54) is 24.3 Å². The number of urea groups is 1. The quantitative estimate of drug-likeness (QED) is 0.508. The van der Waals surface area contributed by atoms with E-state index in [0.29, 0.717) is 27.0 Å². The topological polar surface area (TPSA) is 113 Å². The Balaban J connectivity index is 1.92. The Labute approximate surface area is 169 Å². The minimum absolute atomic E-state index is 0.0892. The molecule has 2 aromatic rings. The molecule has 1 atom stereocenters. The molecule has 144 valence electrons. The van der Waals surface area contributed by atoms with E-state index in [1.807, 2.05) is 0 Å². The molecule has 0 unspecified atom stereocenters. The van der Waals surface area contributed by atoms with Crippen LogP contribution in [0, 0.1) is 10.1 Å². The van der Waals surface area contributed by atoms with Gasteiger partial charge in [0.15, 0.2) is 0 Å². The molecule has 1 aliphatic heterocycles. The summed E-state index contributed by atoms with van der Waals surface area (Å²) in [5, 5.41) is 19.3. The normalized spacial score (nSPS) is 16.2. The van der Waals surface area contributed by atoms with E-state index in [2.05, 4.69) is 16.0 Å². The van der Waals surface area contributed by atoms with Gasteiger partial charge in [0.1, 0.15) is 0 Å². The molecule has 0 fully saturated rings. The molecular weight excluding hydrogens is 407 g/mol. The molecule has 0 aliphatic carbocycles. The Kier molecular flexibility index (Phi) is 5.53. The van der Waals surface area contributed by atoms with Crippen molar-refractivity contribution in [1.82, 2.24) is 10.6 Å². The number of non-ortho nitro benzene ring substituents is 1. The van der Waals surface area contributed by atoms with Crippen LogP contribution in [-0.4, -0.2) is 16.9 Å².